The molecule has 0 saturated heterocycles. The molecule has 0 fully saturated rings. The fourth-order valence-electron chi connectivity index (χ4n) is 3.58. The number of hydrogen-bond acceptors (Lipinski definition) is 3. The molecule has 2 amide bonds. The van der Waals surface area contributed by atoms with E-state index in [1.165, 1.54) is 12.1 Å². The number of benzene rings is 3. The van der Waals surface area contributed by atoms with Gasteiger partial charge < -0.3 is 10.6 Å². The Bertz CT molecular complexity index is 1300. The molecule has 1 aromatic heterocycles. The van der Waals surface area contributed by atoms with Crippen molar-refractivity contribution in [3.8, 4) is 11.3 Å². The topological polar surface area (TPSA) is 71.1 Å². The van der Waals surface area contributed by atoms with Crippen LogP contribution >= 0.6 is 0 Å². The number of amides is 2. The third-order valence-electron chi connectivity index (χ3n) is 5.26. The first kappa shape index (κ1) is 21.2. The molecular weight excluding hydrogens is 405 g/mol. The summed E-state index contributed by atoms with van der Waals surface area (Å²) in [6.07, 6.45) is 0. The molecule has 1 heterocycles. The van der Waals surface area contributed by atoms with Crippen LogP contribution in [0.5, 0.6) is 0 Å². The maximum atomic E-state index is 13.3. The van der Waals surface area contributed by atoms with Gasteiger partial charge in [-0.15, -0.1) is 0 Å². The van der Waals surface area contributed by atoms with Gasteiger partial charge in [0, 0.05) is 16.6 Å². The van der Waals surface area contributed by atoms with Crippen molar-refractivity contribution in [1.29, 1.82) is 0 Å². The van der Waals surface area contributed by atoms with E-state index in [1.807, 2.05) is 56.3 Å². The Kier molecular flexibility index (Phi) is 5.94. The number of carbonyl (C=O) groups is 2. The van der Waals surface area contributed by atoms with Gasteiger partial charge in [0.05, 0.1) is 23.3 Å². The van der Waals surface area contributed by atoms with Crippen molar-refractivity contribution in [1.82, 2.24) is 10.3 Å². The molecule has 0 bridgehead atoms. The number of aromatic nitrogens is 1. The lowest BCUT2D eigenvalue weighted by Gasteiger charge is -2.13. The number of hydrogen-bond donors (Lipinski definition) is 2. The lowest BCUT2D eigenvalue weighted by molar-refractivity contribution is -0.115. The molecule has 4 rings (SSSR count). The molecule has 0 aliphatic rings. The maximum Gasteiger partial charge on any atom is 0.252 e. The zero-order valence-electron chi connectivity index (χ0n) is 17.8. The summed E-state index contributed by atoms with van der Waals surface area (Å²) in [4.78, 5) is 30.1. The molecule has 0 radical (unpaired) electrons. The number of aryl methyl sites for hydroxylation is 2. The van der Waals surface area contributed by atoms with Gasteiger partial charge in [-0.2, -0.15) is 0 Å². The number of nitrogens with one attached hydrogen (secondary N) is 2. The van der Waals surface area contributed by atoms with Crippen LogP contribution in [0.3, 0.4) is 0 Å². The van der Waals surface area contributed by atoms with Gasteiger partial charge in [0.2, 0.25) is 5.91 Å². The molecule has 32 heavy (non-hydrogen) atoms. The summed E-state index contributed by atoms with van der Waals surface area (Å²) in [7, 11) is 0. The van der Waals surface area contributed by atoms with E-state index >= 15 is 0 Å². The molecule has 160 valence electrons. The molecule has 3 aromatic carbocycles. The fraction of sp³-hybridized carbons (Fsp3) is 0.115. The summed E-state index contributed by atoms with van der Waals surface area (Å²) in [6, 6.07) is 20.6. The van der Waals surface area contributed by atoms with Crippen LogP contribution in [0.15, 0.2) is 72.8 Å². The zero-order valence-corrected chi connectivity index (χ0v) is 17.8. The molecule has 2 N–H and O–H groups in total. The molecule has 0 atom stereocenters. The molecule has 0 aliphatic carbocycles. The molecule has 0 unspecified atom stereocenters. The van der Waals surface area contributed by atoms with Crippen molar-refractivity contribution in [2.75, 3.05) is 11.9 Å². The van der Waals surface area contributed by atoms with E-state index in [4.69, 9.17) is 0 Å². The first-order chi connectivity index (χ1) is 15.4. The molecule has 5 nitrogen and oxygen atoms in total. The van der Waals surface area contributed by atoms with Crippen LogP contribution in [0.2, 0.25) is 0 Å². The van der Waals surface area contributed by atoms with E-state index in [0.29, 0.717) is 27.7 Å². The van der Waals surface area contributed by atoms with E-state index < -0.39 is 0 Å². The number of fused-ring (bicyclic) bond motifs is 1. The van der Waals surface area contributed by atoms with E-state index in [-0.39, 0.29) is 24.2 Å². The summed E-state index contributed by atoms with van der Waals surface area (Å²) in [5, 5.41) is 6.23. The van der Waals surface area contributed by atoms with Gasteiger partial charge in [-0.25, -0.2) is 9.37 Å². The monoisotopic (exact) mass is 427 g/mol. The fourth-order valence-corrected chi connectivity index (χ4v) is 3.58. The van der Waals surface area contributed by atoms with Crippen LogP contribution in [-0.4, -0.2) is 23.3 Å². The molecule has 6 heteroatoms. The highest BCUT2D eigenvalue weighted by molar-refractivity contribution is 6.08. The predicted octanol–water partition coefficient (Wildman–Crippen LogP) is 5.03. The normalized spacial score (nSPS) is 10.7. The summed E-state index contributed by atoms with van der Waals surface area (Å²) in [5.41, 5.74) is 4.93. The van der Waals surface area contributed by atoms with Crippen molar-refractivity contribution in [3.05, 3.63) is 95.3 Å². The second-order valence-electron chi connectivity index (χ2n) is 7.58. The second kappa shape index (κ2) is 8.98. The van der Waals surface area contributed by atoms with E-state index in [9.17, 15) is 14.0 Å². The second-order valence-corrected chi connectivity index (χ2v) is 7.58. The average Bonchev–Trinajstić information content (AvgIpc) is 2.79. The average molecular weight is 427 g/mol. The highest BCUT2D eigenvalue weighted by Gasteiger charge is 2.15. The Morgan fingerprint density at radius 1 is 0.906 bits per heavy atom. The highest BCUT2D eigenvalue weighted by atomic mass is 19.1. The highest BCUT2D eigenvalue weighted by Crippen LogP contribution is 2.25. The van der Waals surface area contributed by atoms with E-state index in [0.717, 1.165) is 16.8 Å². The van der Waals surface area contributed by atoms with Crippen LogP contribution < -0.4 is 10.6 Å². The number of rotatable bonds is 5. The number of para-hydroxylation sites is 2. The lowest BCUT2D eigenvalue weighted by atomic mass is 10.0. The van der Waals surface area contributed by atoms with Gasteiger partial charge in [0.1, 0.15) is 5.82 Å². The van der Waals surface area contributed by atoms with Crippen LogP contribution in [0.4, 0.5) is 10.1 Å². The summed E-state index contributed by atoms with van der Waals surface area (Å²) in [6.45, 7) is 3.66. The summed E-state index contributed by atoms with van der Waals surface area (Å²) < 4.78 is 13.3. The van der Waals surface area contributed by atoms with Crippen molar-refractivity contribution in [2.24, 2.45) is 0 Å². The van der Waals surface area contributed by atoms with Gasteiger partial charge in [-0.1, -0.05) is 36.4 Å². The molecular formula is C26H22FN3O2. The maximum absolute atomic E-state index is 13.3. The minimum absolute atomic E-state index is 0.171. The SMILES string of the molecule is Cc1cccc(C)c1NC(=O)CNC(=O)c1cc(-c2ccc(F)cc2)nc2ccccc12. The smallest absolute Gasteiger partial charge is 0.252 e. The van der Waals surface area contributed by atoms with Crippen molar-refractivity contribution in [2.45, 2.75) is 13.8 Å². The standard InChI is InChI=1S/C26H22FN3O2/c1-16-6-5-7-17(2)25(16)30-24(31)15-28-26(32)21-14-23(18-10-12-19(27)13-11-18)29-22-9-4-3-8-20(21)22/h3-14H,15H2,1-2H3,(H,28,32)(H,30,31). The van der Waals surface area contributed by atoms with E-state index in [2.05, 4.69) is 15.6 Å². The first-order valence-electron chi connectivity index (χ1n) is 10.2. The number of halogens is 1. The number of anilines is 1. The van der Waals surface area contributed by atoms with Crippen LogP contribution in [0.1, 0.15) is 21.5 Å². The summed E-state index contributed by atoms with van der Waals surface area (Å²) in [5.74, 6) is -1.04. The van der Waals surface area contributed by atoms with Crippen molar-refractivity contribution >= 4 is 28.4 Å². The first-order valence-corrected chi connectivity index (χ1v) is 10.2. The molecule has 0 spiro atoms. The van der Waals surface area contributed by atoms with Crippen LogP contribution in [0.25, 0.3) is 22.2 Å². The largest absolute Gasteiger partial charge is 0.343 e. The van der Waals surface area contributed by atoms with Crippen LogP contribution in [0, 0.1) is 19.7 Å². The van der Waals surface area contributed by atoms with Gasteiger partial charge in [-0.05, 0) is 61.4 Å². The molecule has 0 saturated carbocycles. The van der Waals surface area contributed by atoms with Crippen LogP contribution in [-0.2, 0) is 4.79 Å². The minimum atomic E-state index is -0.386. The number of pyridine rings is 1. The van der Waals surface area contributed by atoms with Crippen molar-refractivity contribution in [3.63, 3.8) is 0 Å². The number of nitrogens with zero attached hydrogens (tertiary/aromatic N) is 1. The minimum Gasteiger partial charge on any atom is -0.343 e. The van der Waals surface area contributed by atoms with Crippen molar-refractivity contribution < 1.29 is 14.0 Å². The zero-order chi connectivity index (χ0) is 22.7. The predicted molar refractivity (Wildman–Crippen MR) is 124 cm³/mol. The quantitative estimate of drug-likeness (QED) is 0.469. The Hall–Kier alpha value is -4.06. The van der Waals surface area contributed by atoms with Gasteiger partial charge in [-0.3, -0.25) is 9.59 Å². The van der Waals surface area contributed by atoms with Gasteiger partial charge >= 0.3 is 0 Å². The third-order valence-corrected chi connectivity index (χ3v) is 5.26. The molecule has 0 aliphatic heterocycles. The Balaban J connectivity index is 1.57. The third kappa shape index (κ3) is 4.49. The number of carbonyl (C=O) groups excluding carboxylic acids is 2. The van der Waals surface area contributed by atoms with E-state index in [1.54, 1.807) is 18.2 Å². The molecule has 4 aromatic rings. The Morgan fingerprint density at radius 3 is 2.31 bits per heavy atom. The van der Waals surface area contributed by atoms with Gasteiger partial charge in [0.25, 0.3) is 5.91 Å². The Morgan fingerprint density at radius 2 is 1.59 bits per heavy atom. The lowest BCUT2D eigenvalue weighted by Crippen LogP contribution is -2.33. The Labute approximate surface area is 185 Å². The summed E-state index contributed by atoms with van der Waals surface area (Å²) >= 11 is 0. The van der Waals surface area contributed by atoms with Gasteiger partial charge in [0.15, 0.2) is 0 Å².